The maximum absolute atomic E-state index is 5.98. The zero-order valence-electron chi connectivity index (χ0n) is 16.7. The van der Waals surface area contributed by atoms with Gasteiger partial charge in [-0.3, -0.25) is 0 Å². The standard InChI is InChI=1S/C22H30BrNO3/c1-16(2)26-11-5-10-24-14-19-12-21(25-4)22(13-20(19)23)27-15-18-8-6-17(3)7-9-18/h6-9,12-13,16,24H,5,10-11,14-15H2,1-4H3. The van der Waals surface area contributed by atoms with Gasteiger partial charge in [-0.05, 0) is 57.0 Å². The molecule has 0 unspecified atom stereocenters. The van der Waals surface area contributed by atoms with E-state index in [9.17, 15) is 0 Å². The van der Waals surface area contributed by atoms with Crippen LogP contribution in [-0.4, -0.2) is 26.4 Å². The van der Waals surface area contributed by atoms with Gasteiger partial charge in [0.2, 0.25) is 0 Å². The Balaban J connectivity index is 1.90. The summed E-state index contributed by atoms with van der Waals surface area (Å²) in [6.45, 7) is 9.15. The molecule has 0 atom stereocenters. The molecule has 0 aliphatic heterocycles. The third kappa shape index (κ3) is 7.53. The van der Waals surface area contributed by atoms with E-state index in [-0.39, 0.29) is 6.10 Å². The van der Waals surface area contributed by atoms with Gasteiger partial charge in [-0.2, -0.15) is 0 Å². The van der Waals surface area contributed by atoms with Crippen LogP contribution in [-0.2, 0) is 17.9 Å². The monoisotopic (exact) mass is 435 g/mol. The molecule has 0 aromatic heterocycles. The first-order chi connectivity index (χ1) is 13.0. The molecule has 4 nitrogen and oxygen atoms in total. The van der Waals surface area contributed by atoms with Crippen molar-refractivity contribution < 1.29 is 14.2 Å². The van der Waals surface area contributed by atoms with Crippen LogP contribution in [0, 0.1) is 6.92 Å². The topological polar surface area (TPSA) is 39.7 Å². The summed E-state index contributed by atoms with van der Waals surface area (Å²) in [6, 6.07) is 12.3. The van der Waals surface area contributed by atoms with Crippen LogP contribution >= 0.6 is 15.9 Å². The van der Waals surface area contributed by atoms with Gasteiger partial charge in [0.25, 0.3) is 0 Å². The Morgan fingerprint density at radius 1 is 1.07 bits per heavy atom. The molecule has 0 aliphatic rings. The van der Waals surface area contributed by atoms with E-state index in [4.69, 9.17) is 14.2 Å². The second-order valence-electron chi connectivity index (χ2n) is 6.82. The van der Waals surface area contributed by atoms with E-state index in [1.165, 1.54) is 5.56 Å². The summed E-state index contributed by atoms with van der Waals surface area (Å²) in [6.07, 6.45) is 1.28. The molecule has 0 aliphatic carbocycles. The van der Waals surface area contributed by atoms with Gasteiger partial charge in [0.1, 0.15) is 6.61 Å². The van der Waals surface area contributed by atoms with Crippen molar-refractivity contribution in [3.63, 3.8) is 0 Å². The lowest BCUT2D eigenvalue weighted by atomic mass is 10.1. The number of rotatable bonds is 11. The molecule has 2 aromatic carbocycles. The second kappa shape index (κ2) is 11.3. The molecule has 2 rings (SSSR count). The number of benzene rings is 2. The second-order valence-corrected chi connectivity index (χ2v) is 7.67. The predicted octanol–water partition coefficient (Wildman–Crippen LogP) is 5.25. The van der Waals surface area contributed by atoms with Crippen LogP contribution in [0.4, 0.5) is 0 Å². The maximum atomic E-state index is 5.98. The minimum Gasteiger partial charge on any atom is -0.493 e. The van der Waals surface area contributed by atoms with Gasteiger partial charge in [0.15, 0.2) is 11.5 Å². The van der Waals surface area contributed by atoms with E-state index in [0.717, 1.165) is 53.2 Å². The lowest BCUT2D eigenvalue weighted by molar-refractivity contribution is 0.0770. The summed E-state index contributed by atoms with van der Waals surface area (Å²) >= 11 is 3.65. The molecule has 27 heavy (non-hydrogen) atoms. The third-order valence-electron chi connectivity index (χ3n) is 4.11. The van der Waals surface area contributed by atoms with Gasteiger partial charge >= 0.3 is 0 Å². The van der Waals surface area contributed by atoms with E-state index >= 15 is 0 Å². The third-order valence-corrected chi connectivity index (χ3v) is 4.85. The van der Waals surface area contributed by atoms with Gasteiger partial charge in [0, 0.05) is 17.6 Å². The number of halogens is 1. The van der Waals surface area contributed by atoms with Crippen LogP contribution in [0.5, 0.6) is 11.5 Å². The van der Waals surface area contributed by atoms with E-state index in [0.29, 0.717) is 6.61 Å². The van der Waals surface area contributed by atoms with Crippen molar-refractivity contribution in [3.05, 3.63) is 57.6 Å². The Bertz CT molecular complexity index is 701. The normalized spacial score (nSPS) is 11.0. The summed E-state index contributed by atoms with van der Waals surface area (Å²) in [4.78, 5) is 0. The highest BCUT2D eigenvalue weighted by Crippen LogP contribution is 2.34. The van der Waals surface area contributed by atoms with Crippen LogP contribution in [0.25, 0.3) is 0 Å². The fourth-order valence-electron chi connectivity index (χ4n) is 2.57. The molecule has 0 bridgehead atoms. The van der Waals surface area contributed by atoms with Gasteiger partial charge in [0.05, 0.1) is 13.2 Å². The minimum absolute atomic E-state index is 0.288. The lowest BCUT2D eigenvalue weighted by Gasteiger charge is -2.15. The number of methoxy groups -OCH3 is 1. The van der Waals surface area contributed by atoms with E-state index in [1.54, 1.807) is 7.11 Å². The van der Waals surface area contributed by atoms with Gasteiger partial charge < -0.3 is 19.5 Å². The molecule has 0 saturated heterocycles. The van der Waals surface area contributed by atoms with E-state index in [2.05, 4.69) is 66.3 Å². The highest BCUT2D eigenvalue weighted by Gasteiger charge is 2.10. The Hall–Kier alpha value is -1.56. The summed E-state index contributed by atoms with van der Waals surface area (Å²) in [5, 5.41) is 3.44. The smallest absolute Gasteiger partial charge is 0.162 e. The first-order valence-electron chi connectivity index (χ1n) is 9.36. The average Bonchev–Trinajstić information content (AvgIpc) is 2.65. The molecular weight excluding hydrogens is 406 g/mol. The largest absolute Gasteiger partial charge is 0.493 e. The molecule has 5 heteroatoms. The fraction of sp³-hybridized carbons (Fsp3) is 0.455. The molecule has 0 spiro atoms. The van der Waals surface area contributed by atoms with E-state index in [1.807, 2.05) is 12.1 Å². The zero-order valence-corrected chi connectivity index (χ0v) is 18.3. The molecule has 0 saturated carbocycles. The summed E-state index contributed by atoms with van der Waals surface area (Å²) in [5.41, 5.74) is 3.51. The minimum atomic E-state index is 0.288. The summed E-state index contributed by atoms with van der Waals surface area (Å²) < 4.78 is 18.1. The molecule has 0 fully saturated rings. The van der Waals surface area contributed by atoms with Crippen molar-refractivity contribution in [1.82, 2.24) is 5.32 Å². The fourth-order valence-corrected chi connectivity index (χ4v) is 3.03. The summed E-state index contributed by atoms with van der Waals surface area (Å²) in [5.74, 6) is 1.48. The van der Waals surface area contributed by atoms with Crippen LogP contribution in [0.2, 0.25) is 0 Å². The van der Waals surface area contributed by atoms with Crippen molar-refractivity contribution in [2.24, 2.45) is 0 Å². The first-order valence-corrected chi connectivity index (χ1v) is 10.2. The highest BCUT2D eigenvalue weighted by atomic mass is 79.9. The van der Waals surface area contributed by atoms with Gasteiger partial charge in [-0.25, -0.2) is 0 Å². The van der Waals surface area contributed by atoms with Crippen LogP contribution in [0.15, 0.2) is 40.9 Å². The van der Waals surface area contributed by atoms with Gasteiger partial charge in [-0.15, -0.1) is 0 Å². The maximum Gasteiger partial charge on any atom is 0.162 e. The number of hydrogen-bond donors (Lipinski definition) is 1. The lowest BCUT2D eigenvalue weighted by Crippen LogP contribution is -2.17. The Morgan fingerprint density at radius 2 is 1.81 bits per heavy atom. The SMILES string of the molecule is COc1cc(CNCCCOC(C)C)c(Br)cc1OCc1ccc(C)cc1. The Morgan fingerprint density at radius 3 is 2.48 bits per heavy atom. The number of hydrogen-bond acceptors (Lipinski definition) is 4. The number of aryl methyl sites for hydroxylation is 1. The molecule has 2 aromatic rings. The van der Waals surface area contributed by atoms with E-state index < -0.39 is 0 Å². The molecule has 0 heterocycles. The average molecular weight is 436 g/mol. The predicted molar refractivity (Wildman–Crippen MR) is 114 cm³/mol. The molecular formula is C22H30BrNO3. The molecule has 148 valence electrons. The summed E-state index contributed by atoms with van der Waals surface area (Å²) in [7, 11) is 1.67. The molecule has 1 N–H and O–H groups in total. The van der Waals surface area contributed by atoms with Crippen molar-refractivity contribution in [2.45, 2.75) is 46.4 Å². The number of ether oxygens (including phenoxy) is 3. The molecule has 0 amide bonds. The Labute approximate surface area is 171 Å². The van der Waals surface area contributed by atoms with Crippen molar-refractivity contribution in [1.29, 1.82) is 0 Å². The highest BCUT2D eigenvalue weighted by molar-refractivity contribution is 9.10. The quantitative estimate of drug-likeness (QED) is 0.489. The number of nitrogens with one attached hydrogen (secondary N) is 1. The zero-order chi connectivity index (χ0) is 19.6. The van der Waals surface area contributed by atoms with Crippen LogP contribution in [0.1, 0.15) is 37.0 Å². The Kier molecular flexibility index (Phi) is 9.11. The van der Waals surface area contributed by atoms with Gasteiger partial charge in [-0.1, -0.05) is 45.8 Å². The van der Waals surface area contributed by atoms with Crippen LogP contribution in [0.3, 0.4) is 0 Å². The van der Waals surface area contributed by atoms with Crippen LogP contribution < -0.4 is 14.8 Å². The first kappa shape index (κ1) is 21.7. The molecule has 0 radical (unpaired) electrons. The van der Waals surface area contributed by atoms with Crippen molar-refractivity contribution >= 4 is 15.9 Å². The van der Waals surface area contributed by atoms with Crippen molar-refractivity contribution in [3.8, 4) is 11.5 Å². The van der Waals surface area contributed by atoms with Crippen molar-refractivity contribution in [2.75, 3.05) is 20.3 Å².